The molecule has 16 heavy (non-hydrogen) atoms. The van der Waals surface area contributed by atoms with Crippen LogP contribution in [0.5, 0.6) is 0 Å². The third-order valence-corrected chi connectivity index (χ3v) is 5.47. The minimum absolute atomic E-state index is 0.491. The Kier molecular flexibility index (Phi) is 3.21. The second-order valence-electron chi connectivity index (χ2n) is 5.34. The van der Waals surface area contributed by atoms with Crippen LogP contribution in [0.4, 0.5) is 0 Å². The van der Waals surface area contributed by atoms with Crippen molar-refractivity contribution in [3.05, 3.63) is 28.8 Å². The molecule has 0 heterocycles. The Labute approximate surface area is 98.6 Å². The van der Waals surface area contributed by atoms with Gasteiger partial charge in [0.15, 0.2) is 9.84 Å². The molecule has 1 rings (SSSR count). The summed E-state index contributed by atoms with van der Waals surface area (Å²) in [5.74, 6) is 0. The van der Waals surface area contributed by atoms with Crippen LogP contribution in [0.2, 0.25) is 0 Å². The van der Waals surface area contributed by atoms with Gasteiger partial charge in [-0.2, -0.15) is 0 Å². The van der Waals surface area contributed by atoms with E-state index in [1.54, 1.807) is 20.8 Å². The van der Waals surface area contributed by atoms with Gasteiger partial charge < -0.3 is 0 Å². The number of hydrogen-bond donors (Lipinski definition) is 0. The van der Waals surface area contributed by atoms with Crippen molar-refractivity contribution in [2.24, 2.45) is 0 Å². The Balaban J connectivity index is 3.59. The van der Waals surface area contributed by atoms with Gasteiger partial charge in [0, 0.05) is 0 Å². The Bertz CT molecular complexity index is 482. The van der Waals surface area contributed by atoms with Crippen molar-refractivity contribution in [2.45, 2.75) is 51.2 Å². The fraction of sp³-hybridized carbons (Fsp3) is 0.538. The van der Waals surface area contributed by atoms with Crippen molar-refractivity contribution in [2.75, 3.05) is 0 Å². The van der Waals surface area contributed by atoms with E-state index in [2.05, 4.69) is 0 Å². The molecule has 0 aliphatic carbocycles. The largest absolute Gasteiger partial charge is 0.223 e. The van der Waals surface area contributed by atoms with Gasteiger partial charge in [-0.15, -0.1) is 0 Å². The van der Waals surface area contributed by atoms with Crippen LogP contribution in [0.15, 0.2) is 17.0 Å². The average molecular weight is 240 g/mol. The van der Waals surface area contributed by atoms with Gasteiger partial charge in [-0.3, -0.25) is 0 Å². The van der Waals surface area contributed by atoms with Crippen LogP contribution >= 0.6 is 0 Å². The van der Waals surface area contributed by atoms with Crippen molar-refractivity contribution < 1.29 is 8.42 Å². The molecule has 2 nitrogen and oxygen atoms in total. The topological polar surface area (TPSA) is 34.1 Å². The highest BCUT2D eigenvalue weighted by atomic mass is 32.2. The van der Waals surface area contributed by atoms with Gasteiger partial charge in [0.2, 0.25) is 0 Å². The highest BCUT2D eigenvalue weighted by molar-refractivity contribution is 7.92. The molecule has 0 radical (unpaired) electrons. The van der Waals surface area contributed by atoms with E-state index in [4.69, 9.17) is 0 Å². The summed E-state index contributed by atoms with van der Waals surface area (Å²) in [7, 11) is -3.25. The van der Waals surface area contributed by atoms with Gasteiger partial charge in [0.05, 0.1) is 9.64 Å². The van der Waals surface area contributed by atoms with E-state index < -0.39 is 14.6 Å². The molecule has 1 aromatic rings. The summed E-state index contributed by atoms with van der Waals surface area (Å²) in [6.07, 6.45) is 0. The van der Waals surface area contributed by atoms with Gasteiger partial charge >= 0.3 is 0 Å². The third-order valence-electron chi connectivity index (χ3n) is 2.68. The minimum atomic E-state index is -3.25. The van der Waals surface area contributed by atoms with Crippen molar-refractivity contribution in [1.82, 2.24) is 0 Å². The zero-order chi connectivity index (χ0) is 12.7. The van der Waals surface area contributed by atoms with Crippen molar-refractivity contribution in [3.8, 4) is 0 Å². The maximum absolute atomic E-state index is 12.4. The van der Waals surface area contributed by atoms with Crippen molar-refractivity contribution in [3.63, 3.8) is 0 Å². The van der Waals surface area contributed by atoms with Crippen LogP contribution in [0, 0.1) is 20.8 Å². The molecule has 0 amide bonds. The van der Waals surface area contributed by atoms with E-state index in [0.717, 1.165) is 16.7 Å². The predicted molar refractivity (Wildman–Crippen MR) is 67.6 cm³/mol. The summed E-state index contributed by atoms with van der Waals surface area (Å²) < 4.78 is 24.1. The first-order valence-electron chi connectivity index (χ1n) is 5.40. The lowest BCUT2D eigenvalue weighted by Gasteiger charge is -2.22. The predicted octanol–water partition coefficient (Wildman–Crippen LogP) is 3.18. The highest BCUT2D eigenvalue weighted by Gasteiger charge is 2.33. The number of aryl methyl sites for hydroxylation is 3. The molecule has 0 spiro atoms. The van der Waals surface area contributed by atoms with E-state index >= 15 is 0 Å². The first-order chi connectivity index (χ1) is 7.07. The van der Waals surface area contributed by atoms with Gasteiger partial charge in [0.25, 0.3) is 0 Å². The molecule has 0 saturated heterocycles. The molecule has 0 fully saturated rings. The lowest BCUT2D eigenvalue weighted by molar-refractivity contribution is 0.559. The monoisotopic (exact) mass is 240 g/mol. The summed E-state index contributed by atoms with van der Waals surface area (Å²) in [6.45, 7) is 10.9. The van der Waals surface area contributed by atoms with Crippen LogP contribution in [-0.2, 0) is 9.84 Å². The number of rotatable bonds is 1. The summed E-state index contributed by atoms with van der Waals surface area (Å²) >= 11 is 0. The molecule has 0 aliphatic rings. The molecule has 0 saturated carbocycles. The average Bonchev–Trinajstić information content (AvgIpc) is 1.97. The molecule has 90 valence electrons. The first-order valence-corrected chi connectivity index (χ1v) is 6.88. The zero-order valence-electron chi connectivity index (χ0n) is 10.9. The summed E-state index contributed by atoms with van der Waals surface area (Å²) in [6, 6.07) is 3.84. The van der Waals surface area contributed by atoms with E-state index in [1.807, 2.05) is 32.9 Å². The highest BCUT2D eigenvalue weighted by Crippen LogP contribution is 2.30. The van der Waals surface area contributed by atoms with Gasteiger partial charge in [0.1, 0.15) is 0 Å². The summed E-state index contributed by atoms with van der Waals surface area (Å²) in [4.78, 5) is 0.491. The van der Waals surface area contributed by atoms with E-state index in [9.17, 15) is 8.42 Å². The normalized spacial score (nSPS) is 12.9. The quantitative estimate of drug-likeness (QED) is 0.755. The second-order valence-corrected chi connectivity index (χ2v) is 7.98. The Morgan fingerprint density at radius 3 is 1.62 bits per heavy atom. The Morgan fingerprint density at radius 1 is 0.938 bits per heavy atom. The number of hydrogen-bond acceptors (Lipinski definition) is 2. The summed E-state index contributed by atoms with van der Waals surface area (Å²) in [5.41, 5.74) is 2.78. The molecular weight excluding hydrogens is 220 g/mol. The van der Waals surface area contributed by atoms with Gasteiger partial charge in [-0.25, -0.2) is 8.42 Å². The minimum Gasteiger partial charge on any atom is -0.223 e. The molecule has 0 N–H and O–H groups in total. The van der Waals surface area contributed by atoms with Crippen LogP contribution in [-0.4, -0.2) is 13.2 Å². The maximum Gasteiger partial charge on any atom is 0.183 e. The molecule has 0 unspecified atom stereocenters. The molecule has 0 aromatic heterocycles. The van der Waals surface area contributed by atoms with Gasteiger partial charge in [-0.1, -0.05) is 17.7 Å². The van der Waals surface area contributed by atoms with Crippen molar-refractivity contribution >= 4 is 9.84 Å². The van der Waals surface area contributed by atoms with Gasteiger partial charge in [-0.05, 0) is 52.7 Å². The lowest BCUT2D eigenvalue weighted by Crippen LogP contribution is -2.29. The van der Waals surface area contributed by atoms with Crippen LogP contribution in [0.1, 0.15) is 37.5 Å². The van der Waals surface area contributed by atoms with Crippen LogP contribution < -0.4 is 0 Å². The number of sulfone groups is 1. The molecule has 3 heteroatoms. The SMILES string of the molecule is Cc1cc(C)c(S(=O)(=O)C(C)(C)C)c(C)c1. The second kappa shape index (κ2) is 3.88. The van der Waals surface area contributed by atoms with Crippen molar-refractivity contribution in [1.29, 1.82) is 0 Å². The van der Waals surface area contributed by atoms with Crippen LogP contribution in [0.3, 0.4) is 0 Å². The van der Waals surface area contributed by atoms with E-state index in [-0.39, 0.29) is 0 Å². The third kappa shape index (κ3) is 2.14. The van der Waals surface area contributed by atoms with Crippen LogP contribution in [0.25, 0.3) is 0 Å². The summed E-state index contributed by atoms with van der Waals surface area (Å²) in [5, 5.41) is 0. The standard InChI is InChI=1S/C13H20O2S/c1-9-7-10(2)12(11(3)8-9)16(14,15)13(4,5)6/h7-8H,1-6H3. The molecular formula is C13H20O2S. The molecule has 0 bridgehead atoms. The fourth-order valence-electron chi connectivity index (χ4n) is 1.90. The first kappa shape index (κ1) is 13.2. The Morgan fingerprint density at radius 2 is 1.31 bits per heavy atom. The molecule has 1 aromatic carbocycles. The maximum atomic E-state index is 12.4. The van der Waals surface area contributed by atoms with E-state index in [0.29, 0.717) is 4.90 Å². The zero-order valence-corrected chi connectivity index (χ0v) is 11.7. The van der Waals surface area contributed by atoms with E-state index in [1.165, 1.54) is 0 Å². The fourth-order valence-corrected chi connectivity index (χ4v) is 3.47. The smallest absolute Gasteiger partial charge is 0.183 e. The Hall–Kier alpha value is -0.830. The molecule has 0 aliphatic heterocycles. The molecule has 0 atom stereocenters. The number of benzene rings is 1. The lowest BCUT2D eigenvalue weighted by atomic mass is 10.1.